The molecule has 0 aliphatic carbocycles. The lowest BCUT2D eigenvalue weighted by molar-refractivity contribution is -0.113. The topological polar surface area (TPSA) is 55.4 Å². The summed E-state index contributed by atoms with van der Waals surface area (Å²) in [6, 6.07) is 12.8. The Morgan fingerprint density at radius 1 is 1.17 bits per heavy atom. The summed E-state index contributed by atoms with van der Waals surface area (Å²) in [7, 11) is 1.31. The molecule has 0 aliphatic heterocycles. The Labute approximate surface area is 138 Å². The van der Waals surface area contributed by atoms with E-state index >= 15 is 0 Å². The molecule has 23 heavy (non-hydrogen) atoms. The van der Waals surface area contributed by atoms with Crippen molar-refractivity contribution in [3.05, 3.63) is 65.5 Å². The summed E-state index contributed by atoms with van der Waals surface area (Å²) in [6.45, 7) is 0. The van der Waals surface area contributed by atoms with E-state index in [4.69, 9.17) is 0 Å². The van der Waals surface area contributed by atoms with Crippen molar-refractivity contribution in [2.75, 3.05) is 18.2 Å². The van der Waals surface area contributed by atoms with Gasteiger partial charge in [-0.25, -0.2) is 9.18 Å². The maximum absolute atomic E-state index is 13.0. The predicted molar refractivity (Wildman–Crippen MR) is 89.0 cm³/mol. The molecular weight excluding hydrogens is 317 g/mol. The van der Waals surface area contributed by atoms with Crippen molar-refractivity contribution in [1.82, 2.24) is 0 Å². The molecule has 120 valence electrons. The molecule has 0 spiro atoms. The molecule has 0 heterocycles. The SMILES string of the molecule is COC(=O)c1ccc(NC(=O)CSCc2cccc(F)c2)cc1. The van der Waals surface area contributed by atoms with E-state index in [1.807, 2.05) is 6.07 Å². The Morgan fingerprint density at radius 3 is 2.57 bits per heavy atom. The van der Waals surface area contributed by atoms with Gasteiger partial charge in [0, 0.05) is 11.4 Å². The molecule has 2 rings (SSSR count). The average molecular weight is 333 g/mol. The second kappa shape index (κ2) is 8.33. The molecular formula is C17H16FNO3S. The summed E-state index contributed by atoms with van der Waals surface area (Å²) in [6.07, 6.45) is 0. The van der Waals surface area contributed by atoms with Gasteiger partial charge in [-0.2, -0.15) is 0 Å². The first-order valence-electron chi connectivity index (χ1n) is 6.89. The number of rotatable bonds is 6. The third-order valence-electron chi connectivity index (χ3n) is 2.98. The summed E-state index contributed by atoms with van der Waals surface area (Å²) in [5, 5.41) is 2.74. The van der Waals surface area contributed by atoms with Crippen LogP contribution in [0.15, 0.2) is 48.5 Å². The van der Waals surface area contributed by atoms with Crippen molar-refractivity contribution in [3.63, 3.8) is 0 Å². The summed E-state index contributed by atoms with van der Waals surface area (Å²) in [5.74, 6) is -0.0363. The standard InChI is InChI=1S/C17H16FNO3S/c1-22-17(21)13-5-7-15(8-6-13)19-16(20)11-23-10-12-3-2-4-14(18)9-12/h2-9H,10-11H2,1H3,(H,19,20). The third-order valence-corrected chi connectivity index (χ3v) is 3.98. The number of anilines is 1. The van der Waals surface area contributed by atoms with Gasteiger partial charge in [0.15, 0.2) is 0 Å². The minimum absolute atomic E-state index is 0.155. The van der Waals surface area contributed by atoms with E-state index in [9.17, 15) is 14.0 Å². The van der Waals surface area contributed by atoms with E-state index in [1.54, 1.807) is 30.3 Å². The van der Waals surface area contributed by atoms with Gasteiger partial charge in [-0.1, -0.05) is 12.1 Å². The lowest BCUT2D eigenvalue weighted by Gasteiger charge is -2.06. The normalized spacial score (nSPS) is 10.2. The molecule has 0 radical (unpaired) electrons. The summed E-state index contributed by atoms with van der Waals surface area (Å²) in [5.41, 5.74) is 1.87. The molecule has 1 N–H and O–H groups in total. The van der Waals surface area contributed by atoms with Crippen molar-refractivity contribution >= 4 is 29.3 Å². The van der Waals surface area contributed by atoms with Crippen molar-refractivity contribution < 1.29 is 18.7 Å². The highest BCUT2D eigenvalue weighted by Gasteiger charge is 2.07. The number of carbonyl (C=O) groups is 2. The van der Waals surface area contributed by atoms with Gasteiger partial charge in [-0.15, -0.1) is 11.8 Å². The quantitative estimate of drug-likeness (QED) is 0.822. The number of hydrogen-bond donors (Lipinski definition) is 1. The Balaban J connectivity index is 1.79. The van der Waals surface area contributed by atoms with Crippen LogP contribution in [0.25, 0.3) is 0 Å². The van der Waals surface area contributed by atoms with Gasteiger partial charge in [-0.05, 0) is 42.0 Å². The Bertz CT molecular complexity index is 688. The van der Waals surface area contributed by atoms with Crippen molar-refractivity contribution in [3.8, 4) is 0 Å². The van der Waals surface area contributed by atoms with Crippen LogP contribution in [0.5, 0.6) is 0 Å². The zero-order valence-electron chi connectivity index (χ0n) is 12.5. The molecule has 0 unspecified atom stereocenters. The molecule has 0 fully saturated rings. The first-order chi connectivity index (χ1) is 11.1. The second-order valence-electron chi connectivity index (χ2n) is 4.74. The smallest absolute Gasteiger partial charge is 0.337 e. The van der Waals surface area contributed by atoms with Gasteiger partial charge < -0.3 is 10.1 Å². The number of nitrogens with one attached hydrogen (secondary N) is 1. The number of amides is 1. The van der Waals surface area contributed by atoms with E-state index < -0.39 is 5.97 Å². The van der Waals surface area contributed by atoms with Crippen LogP contribution in [0.1, 0.15) is 15.9 Å². The van der Waals surface area contributed by atoms with Crippen LogP contribution in [-0.2, 0) is 15.3 Å². The summed E-state index contributed by atoms with van der Waals surface area (Å²) in [4.78, 5) is 23.2. The number of carbonyl (C=O) groups excluding carboxylic acids is 2. The first-order valence-corrected chi connectivity index (χ1v) is 8.04. The summed E-state index contributed by atoms with van der Waals surface area (Å²) < 4.78 is 17.6. The number of benzene rings is 2. The fourth-order valence-corrected chi connectivity index (χ4v) is 2.67. The summed E-state index contributed by atoms with van der Waals surface area (Å²) >= 11 is 1.40. The van der Waals surface area contributed by atoms with Crippen LogP contribution < -0.4 is 5.32 Å². The van der Waals surface area contributed by atoms with Crippen molar-refractivity contribution in [2.24, 2.45) is 0 Å². The number of esters is 1. The predicted octanol–water partition coefficient (Wildman–Crippen LogP) is 3.48. The Morgan fingerprint density at radius 2 is 1.91 bits per heavy atom. The van der Waals surface area contributed by atoms with Crippen LogP contribution >= 0.6 is 11.8 Å². The molecule has 6 heteroatoms. The highest BCUT2D eigenvalue weighted by atomic mass is 32.2. The highest BCUT2D eigenvalue weighted by Crippen LogP contribution is 2.15. The van der Waals surface area contributed by atoms with Gasteiger partial charge in [0.25, 0.3) is 0 Å². The molecule has 0 atom stereocenters. The van der Waals surface area contributed by atoms with E-state index in [-0.39, 0.29) is 17.5 Å². The van der Waals surface area contributed by atoms with E-state index in [1.165, 1.54) is 31.0 Å². The van der Waals surface area contributed by atoms with Crippen molar-refractivity contribution in [1.29, 1.82) is 0 Å². The number of ether oxygens (including phenoxy) is 1. The molecule has 1 amide bonds. The van der Waals surface area contributed by atoms with Crippen LogP contribution in [-0.4, -0.2) is 24.7 Å². The van der Waals surface area contributed by atoms with Crippen molar-refractivity contribution in [2.45, 2.75) is 5.75 Å². The number of halogens is 1. The van der Waals surface area contributed by atoms with Gasteiger partial charge in [0.1, 0.15) is 5.82 Å². The number of thioether (sulfide) groups is 1. The molecule has 2 aromatic rings. The second-order valence-corrected chi connectivity index (χ2v) is 5.73. The Kier molecular flexibility index (Phi) is 6.17. The van der Waals surface area contributed by atoms with E-state index in [2.05, 4.69) is 10.1 Å². The molecule has 0 saturated carbocycles. The highest BCUT2D eigenvalue weighted by molar-refractivity contribution is 7.99. The minimum atomic E-state index is -0.423. The molecule has 2 aromatic carbocycles. The van der Waals surface area contributed by atoms with Gasteiger partial charge >= 0.3 is 5.97 Å². The number of hydrogen-bond acceptors (Lipinski definition) is 4. The fourth-order valence-electron chi connectivity index (χ4n) is 1.89. The van der Waals surface area contributed by atoms with Gasteiger partial charge in [-0.3, -0.25) is 4.79 Å². The van der Waals surface area contributed by atoms with Crippen LogP contribution in [0, 0.1) is 5.82 Å². The van der Waals surface area contributed by atoms with E-state index in [0.29, 0.717) is 17.0 Å². The maximum atomic E-state index is 13.0. The third kappa shape index (κ3) is 5.41. The van der Waals surface area contributed by atoms with Gasteiger partial charge in [0.2, 0.25) is 5.91 Å². The van der Waals surface area contributed by atoms with E-state index in [0.717, 1.165) is 5.56 Å². The minimum Gasteiger partial charge on any atom is -0.465 e. The monoisotopic (exact) mass is 333 g/mol. The lowest BCUT2D eigenvalue weighted by Crippen LogP contribution is -2.14. The largest absolute Gasteiger partial charge is 0.465 e. The molecule has 0 aromatic heterocycles. The zero-order chi connectivity index (χ0) is 16.7. The lowest BCUT2D eigenvalue weighted by atomic mass is 10.2. The Hall–Kier alpha value is -2.34. The maximum Gasteiger partial charge on any atom is 0.337 e. The molecule has 0 aliphatic rings. The molecule has 4 nitrogen and oxygen atoms in total. The number of methoxy groups -OCH3 is 1. The average Bonchev–Trinajstić information content (AvgIpc) is 2.55. The zero-order valence-corrected chi connectivity index (χ0v) is 13.4. The fraction of sp³-hybridized carbons (Fsp3) is 0.176. The molecule has 0 saturated heterocycles. The first kappa shape index (κ1) is 17.0. The molecule has 0 bridgehead atoms. The van der Waals surface area contributed by atoms with Gasteiger partial charge in [0.05, 0.1) is 18.4 Å². The van der Waals surface area contributed by atoms with Crippen LogP contribution in [0.3, 0.4) is 0 Å². The van der Waals surface area contributed by atoms with Crippen LogP contribution in [0.4, 0.5) is 10.1 Å². The van der Waals surface area contributed by atoms with Crippen LogP contribution in [0.2, 0.25) is 0 Å².